The first-order valence-corrected chi connectivity index (χ1v) is 8.64. The molecule has 0 fully saturated rings. The Hall–Kier alpha value is -1.89. The van der Waals surface area contributed by atoms with E-state index in [1.54, 1.807) is 12.1 Å². The molecule has 0 aliphatic carbocycles. The smallest absolute Gasteiger partial charge is 0.257 e. The van der Waals surface area contributed by atoms with Crippen molar-refractivity contribution in [2.24, 2.45) is 0 Å². The van der Waals surface area contributed by atoms with Crippen LogP contribution < -0.4 is 5.32 Å². The van der Waals surface area contributed by atoms with Gasteiger partial charge >= 0.3 is 0 Å². The summed E-state index contributed by atoms with van der Waals surface area (Å²) in [6.07, 6.45) is 0. The summed E-state index contributed by atoms with van der Waals surface area (Å²) in [5.41, 5.74) is 1.65. The SMILES string of the molecule is Cc1ccccc1NC(=O)c1cc(S(=O)(=O)N(C)C)ccc1Cl. The van der Waals surface area contributed by atoms with Gasteiger partial charge in [-0.3, -0.25) is 4.79 Å². The van der Waals surface area contributed by atoms with Crippen LogP contribution >= 0.6 is 11.6 Å². The molecule has 0 saturated carbocycles. The van der Waals surface area contributed by atoms with Crippen LogP contribution in [-0.2, 0) is 10.0 Å². The van der Waals surface area contributed by atoms with Gasteiger partial charge in [0.1, 0.15) is 0 Å². The van der Waals surface area contributed by atoms with E-state index >= 15 is 0 Å². The van der Waals surface area contributed by atoms with Crippen LogP contribution in [0.3, 0.4) is 0 Å². The van der Waals surface area contributed by atoms with Crippen LogP contribution in [0.1, 0.15) is 15.9 Å². The molecule has 0 aliphatic rings. The number of benzene rings is 2. The topological polar surface area (TPSA) is 66.5 Å². The zero-order valence-corrected chi connectivity index (χ0v) is 14.6. The number of aryl methyl sites for hydroxylation is 1. The molecular formula is C16H17ClN2O3S. The van der Waals surface area contributed by atoms with Crippen LogP contribution in [-0.4, -0.2) is 32.7 Å². The zero-order valence-electron chi connectivity index (χ0n) is 13.0. The fourth-order valence-electron chi connectivity index (χ4n) is 1.95. The molecule has 2 rings (SSSR count). The van der Waals surface area contributed by atoms with Crippen LogP contribution in [0.5, 0.6) is 0 Å². The Bertz CT molecular complexity index is 848. The molecule has 0 bridgehead atoms. The molecule has 0 aliphatic heterocycles. The summed E-state index contributed by atoms with van der Waals surface area (Å²) >= 11 is 6.06. The molecule has 23 heavy (non-hydrogen) atoms. The molecule has 2 aromatic rings. The maximum Gasteiger partial charge on any atom is 0.257 e. The first-order chi connectivity index (χ1) is 10.7. The second-order valence-electron chi connectivity index (χ2n) is 5.20. The highest BCUT2D eigenvalue weighted by Crippen LogP contribution is 2.24. The molecule has 2 aromatic carbocycles. The van der Waals surface area contributed by atoms with E-state index in [2.05, 4.69) is 5.32 Å². The van der Waals surface area contributed by atoms with Gasteiger partial charge in [-0.2, -0.15) is 0 Å². The van der Waals surface area contributed by atoms with Crippen LogP contribution in [0.2, 0.25) is 5.02 Å². The molecule has 0 saturated heterocycles. The number of para-hydroxylation sites is 1. The number of carbonyl (C=O) groups is 1. The number of hydrogen-bond donors (Lipinski definition) is 1. The minimum absolute atomic E-state index is 0.0156. The summed E-state index contributed by atoms with van der Waals surface area (Å²) in [5.74, 6) is -0.458. The number of sulfonamides is 1. The van der Waals surface area contributed by atoms with Gasteiger partial charge in [-0.25, -0.2) is 12.7 Å². The Kier molecular flexibility index (Phi) is 5.09. The van der Waals surface area contributed by atoms with Crippen molar-refractivity contribution < 1.29 is 13.2 Å². The Labute approximate surface area is 140 Å². The first-order valence-electron chi connectivity index (χ1n) is 6.82. The number of hydrogen-bond acceptors (Lipinski definition) is 3. The number of halogens is 1. The minimum atomic E-state index is -3.64. The van der Waals surface area contributed by atoms with Crippen LogP contribution in [0.25, 0.3) is 0 Å². The standard InChI is InChI=1S/C16H17ClN2O3S/c1-11-6-4-5-7-15(11)18-16(20)13-10-12(8-9-14(13)17)23(21,22)19(2)3/h4-10H,1-3H3,(H,18,20). The average Bonchev–Trinajstić information content (AvgIpc) is 2.49. The molecule has 5 nitrogen and oxygen atoms in total. The van der Waals surface area contributed by atoms with Crippen molar-refractivity contribution in [2.75, 3.05) is 19.4 Å². The number of rotatable bonds is 4. The van der Waals surface area contributed by atoms with Gasteiger partial charge in [0.25, 0.3) is 5.91 Å². The van der Waals surface area contributed by atoms with Crippen LogP contribution in [0.4, 0.5) is 5.69 Å². The summed E-state index contributed by atoms with van der Waals surface area (Å²) in [6.45, 7) is 1.87. The maximum atomic E-state index is 12.4. The van der Waals surface area contributed by atoms with E-state index < -0.39 is 15.9 Å². The van der Waals surface area contributed by atoms with Crippen molar-refractivity contribution in [3.8, 4) is 0 Å². The van der Waals surface area contributed by atoms with Crippen molar-refractivity contribution in [2.45, 2.75) is 11.8 Å². The highest BCUT2D eigenvalue weighted by molar-refractivity contribution is 7.89. The van der Waals surface area contributed by atoms with E-state index in [1.165, 1.54) is 32.3 Å². The molecular weight excluding hydrogens is 336 g/mol. The second kappa shape index (κ2) is 6.70. The third-order valence-electron chi connectivity index (χ3n) is 3.35. The molecule has 0 unspecified atom stereocenters. The van der Waals surface area contributed by atoms with Gasteiger partial charge in [0.2, 0.25) is 10.0 Å². The summed E-state index contributed by atoms with van der Waals surface area (Å²) in [4.78, 5) is 12.4. The monoisotopic (exact) mass is 352 g/mol. The lowest BCUT2D eigenvalue weighted by atomic mass is 10.1. The zero-order chi connectivity index (χ0) is 17.2. The summed E-state index contributed by atoms with van der Waals surface area (Å²) in [7, 11) is -0.781. The predicted octanol–water partition coefficient (Wildman–Crippen LogP) is 3.15. The molecule has 0 atom stereocenters. The van der Waals surface area contributed by atoms with E-state index in [4.69, 9.17) is 11.6 Å². The lowest BCUT2D eigenvalue weighted by Gasteiger charge is -2.14. The Morgan fingerprint density at radius 2 is 1.78 bits per heavy atom. The Balaban J connectivity index is 2.40. The number of nitrogens with one attached hydrogen (secondary N) is 1. The average molecular weight is 353 g/mol. The normalized spacial score (nSPS) is 11.5. The molecule has 0 aromatic heterocycles. The molecule has 122 valence electrons. The fraction of sp³-hybridized carbons (Fsp3) is 0.188. The van der Waals surface area contributed by atoms with E-state index in [0.29, 0.717) is 5.69 Å². The summed E-state index contributed by atoms with van der Waals surface area (Å²) < 4.78 is 25.4. The number of carbonyl (C=O) groups excluding carboxylic acids is 1. The lowest BCUT2D eigenvalue weighted by molar-refractivity contribution is 0.102. The number of nitrogens with zero attached hydrogens (tertiary/aromatic N) is 1. The molecule has 0 radical (unpaired) electrons. The third kappa shape index (κ3) is 3.72. The van der Waals surface area contributed by atoms with E-state index in [-0.39, 0.29) is 15.5 Å². The van der Waals surface area contributed by atoms with Crippen molar-refractivity contribution in [3.05, 3.63) is 58.6 Å². The molecule has 0 spiro atoms. The van der Waals surface area contributed by atoms with Crippen molar-refractivity contribution in [3.63, 3.8) is 0 Å². The van der Waals surface area contributed by atoms with Crippen molar-refractivity contribution >= 4 is 33.2 Å². The van der Waals surface area contributed by atoms with Crippen LogP contribution in [0.15, 0.2) is 47.4 Å². The summed E-state index contributed by atoms with van der Waals surface area (Å²) in [6, 6.07) is 11.4. The van der Waals surface area contributed by atoms with E-state index in [0.717, 1.165) is 9.87 Å². The van der Waals surface area contributed by atoms with Crippen molar-refractivity contribution in [1.29, 1.82) is 0 Å². The van der Waals surface area contributed by atoms with Crippen molar-refractivity contribution in [1.82, 2.24) is 4.31 Å². The quantitative estimate of drug-likeness (QED) is 0.919. The predicted molar refractivity (Wildman–Crippen MR) is 91.5 cm³/mol. The Morgan fingerprint density at radius 1 is 1.13 bits per heavy atom. The maximum absolute atomic E-state index is 12.4. The third-order valence-corrected chi connectivity index (χ3v) is 5.49. The number of amides is 1. The highest BCUT2D eigenvalue weighted by atomic mass is 35.5. The van der Waals surface area contributed by atoms with E-state index in [1.807, 2.05) is 19.1 Å². The minimum Gasteiger partial charge on any atom is -0.322 e. The molecule has 0 heterocycles. The van der Waals surface area contributed by atoms with Gasteiger partial charge in [-0.05, 0) is 36.8 Å². The largest absolute Gasteiger partial charge is 0.322 e. The first kappa shape index (κ1) is 17.5. The molecule has 1 amide bonds. The van der Waals surface area contributed by atoms with Crippen LogP contribution in [0, 0.1) is 6.92 Å². The van der Waals surface area contributed by atoms with Gasteiger partial charge < -0.3 is 5.32 Å². The van der Waals surface area contributed by atoms with Gasteiger partial charge in [-0.1, -0.05) is 29.8 Å². The van der Waals surface area contributed by atoms with Gasteiger partial charge in [-0.15, -0.1) is 0 Å². The fourth-order valence-corrected chi connectivity index (χ4v) is 3.08. The molecule has 7 heteroatoms. The lowest BCUT2D eigenvalue weighted by Crippen LogP contribution is -2.23. The highest BCUT2D eigenvalue weighted by Gasteiger charge is 2.21. The molecule has 1 N–H and O–H groups in total. The van der Waals surface area contributed by atoms with Gasteiger partial charge in [0, 0.05) is 19.8 Å². The second-order valence-corrected chi connectivity index (χ2v) is 7.76. The number of anilines is 1. The van der Waals surface area contributed by atoms with E-state index in [9.17, 15) is 13.2 Å². The van der Waals surface area contributed by atoms with Gasteiger partial charge in [0.15, 0.2) is 0 Å². The summed E-state index contributed by atoms with van der Waals surface area (Å²) in [5, 5.41) is 2.93. The van der Waals surface area contributed by atoms with Gasteiger partial charge in [0.05, 0.1) is 15.5 Å². The Morgan fingerprint density at radius 3 is 2.39 bits per heavy atom.